The second-order valence-corrected chi connectivity index (χ2v) is 9.01. The Morgan fingerprint density at radius 3 is 2.31 bits per heavy atom. The van der Waals surface area contributed by atoms with Crippen molar-refractivity contribution >= 4 is 0 Å². The Morgan fingerprint density at radius 1 is 0.962 bits per heavy atom. The second-order valence-electron chi connectivity index (χ2n) is 9.01. The lowest BCUT2D eigenvalue weighted by Crippen LogP contribution is -2.55. The molecular weight excluding hydrogens is 336 g/mol. The lowest BCUT2D eigenvalue weighted by atomic mass is 9.61. The molecule has 3 saturated heterocycles. The van der Waals surface area contributed by atoms with Gasteiger partial charge >= 0.3 is 0 Å². The van der Waals surface area contributed by atoms with Crippen molar-refractivity contribution in [2.75, 3.05) is 6.61 Å². The van der Waals surface area contributed by atoms with Gasteiger partial charge < -0.3 is 28.8 Å². The van der Waals surface area contributed by atoms with E-state index in [1.165, 1.54) is 0 Å². The summed E-state index contributed by atoms with van der Waals surface area (Å²) in [6.45, 7) is 12.2. The van der Waals surface area contributed by atoms with E-state index in [1.807, 2.05) is 33.8 Å². The Labute approximate surface area is 155 Å². The summed E-state index contributed by atoms with van der Waals surface area (Å²) in [7, 11) is 0. The largest absolute Gasteiger partial charge is 0.393 e. The van der Waals surface area contributed by atoms with Gasteiger partial charge in [-0.25, -0.2) is 0 Å². The van der Waals surface area contributed by atoms with E-state index in [0.29, 0.717) is 6.61 Å². The normalized spacial score (nSPS) is 49.9. The molecule has 0 spiro atoms. The maximum Gasteiger partial charge on any atom is 0.188 e. The molecule has 1 aliphatic carbocycles. The molecule has 7 atom stereocenters. The summed E-state index contributed by atoms with van der Waals surface area (Å²) in [6, 6.07) is 0. The number of aliphatic hydroxyl groups excluding tert-OH is 1. The van der Waals surface area contributed by atoms with Crippen LogP contribution < -0.4 is 0 Å². The van der Waals surface area contributed by atoms with E-state index in [0.717, 1.165) is 25.7 Å². The fourth-order valence-corrected chi connectivity index (χ4v) is 5.37. The van der Waals surface area contributed by atoms with Gasteiger partial charge in [0.2, 0.25) is 0 Å². The molecule has 1 saturated carbocycles. The van der Waals surface area contributed by atoms with Gasteiger partial charge in [-0.15, -0.1) is 6.58 Å². The first kappa shape index (κ1) is 18.8. The van der Waals surface area contributed by atoms with E-state index in [1.54, 1.807) is 0 Å². The molecule has 0 aromatic carbocycles. The van der Waals surface area contributed by atoms with Crippen molar-refractivity contribution in [1.29, 1.82) is 0 Å². The molecule has 148 valence electrons. The monoisotopic (exact) mass is 368 g/mol. The molecule has 0 bridgehead atoms. The fourth-order valence-electron chi connectivity index (χ4n) is 5.37. The molecule has 1 unspecified atom stereocenters. The molecule has 0 amide bonds. The van der Waals surface area contributed by atoms with Crippen LogP contribution in [-0.4, -0.2) is 54.0 Å². The van der Waals surface area contributed by atoms with Crippen molar-refractivity contribution in [1.82, 2.24) is 0 Å². The Hall–Kier alpha value is -0.500. The van der Waals surface area contributed by atoms with Crippen molar-refractivity contribution in [2.24, 2.45) is 11.3 Å². The number of ether oxygens (including phenoxy) is 5. The van der Waals surface area contributed by atoms with Gasteiger partial charge in [-0.2, -0.15) is 0 Å². The van der Waals surface area contributed by atoms with Crippen LogP contribution in [0.5, 0.6) is 0 Å². The van der Waals surface area contributed by atoms with E-state index in [-0.39, 0.29) is 24.2 Å². The minimum atomic E-state index is -0.722. The molecule has 4 fully saturated rings. The third-order valence-corrected chi connectivity index (χ3v) is 6.42. The molecular formula is C20H32O6. The molecule has 6 heteroatoms. The third-order valence-electron chi connectivity index (χ3n) is 6.42. The van der Waals surface area contributed by atoms with Gasteiger partial charge in [0.15, 0.2) is 17.9 Å². The van der Waals surface area contributed by atoms with Gasteiger partial charge in [0.1, 0.15) is 18.3 Å². The Morgan fingerprint density at radius 2 is 1.69 bits per heavy atom. The number of hydrogen-bond acceptors (Lipinski definition) is 6. The summed E-state index contributed by atoms with van der Waals surface area (Å²) in [5.41, 5.74) is -0.577. The van der Waals surface area contributed by atoms with E-state index < -0.39 is 29.4 Å². The highest BCUT2D eigenvalue weighted by atomic mass is 16.8. The zero-order valence-corrected chi connectivity index (χ0v) is 16.3. The smallest absolute Gasteiger partial charge is 0.188 e. The summed E-state index contributed by atoms with van der Waals surface area (Å²) >= 11 is 0. The summed E-state index contributed by atoms with van der Waals surface area (Å²) in [6.07, 6.45) is 3.97. The topological polar surface area (TPSA) is 66.4 Å². The highest BCUT2D eigenvalue weighted by Crippen LogP contribution is 2.57. The lowest BCUT2D eigenvalue weighted by Gasteiger charge is -2.46. The zero-order chi connectivity index (χ0) is 18.7. The molecule has 3 heterocycles. The number of hydrogen-bond donors (Lipinski definition) is 1. The van der Waals surface area contributed by atoms with Crippen molar-refractivity contribution in [3.8, 4) is 0 Å². The summed E-state index contributed by atoms with van der Waals surface area (Å²) in [5, 5.41) is 10.9. The molecule has 0 radical (unpaired) electrons. The SMILES string of the molecule is C=C[C@]1([C@@H]2CCCC[C@H]2O)[C@@H](C2COC(C)(C)O2)O[C@@H]2OC(C)(C)O[C@@H]21. The first-order valence-corrected chi connectivity index (χ1v) is 9.83. The van der Waals surface area contributed by atoms with Crippen LogP contribution in [0.1, 0.15) is 53.4 Å². The summed E-state index contributed by atoms with van der Waals surface area (Å²) in [5.74, 6) is -1.37. The van der Waals surface area contributed by atoms with Gasteiger partial charge in [-0.05, 0) is 46.5 Å². The molecule has 1 N–H and O–H groups in total. The first-order chi connectivity index (χ1) is 12.2. The van der Waals surface area contributed by atoms with E-state index in [9.17, 15) is 5.11 Å². The van der Waals surface area contributed by atoms with Crippen LogP contribution in [-0.2, 0) is 23.7 Å². The summed E-state index contributed by atoms with van der Waals surface area (Å²) < 4.78 is 30.6. The zero-order valence-electron chi connectivity index (χ0n) is 16.3. The third kappa shape index (κ3) is 2.86. The first-order valence-electron chi connectivity index (χ1n) is 9.83. The minimum absolute atomic E-state index is 0.00133. The van der Waals surface area contributed by atoms with Crippen LogP contribution in [0.2, 0.25) is 0 Å². The average Bonchev–Trinajstić information content (AvgIpc) is 3.16. The number of aliphatic hydroxyl groups is 1. The predicted molar refractivity (Wildman–Crippen MR) is 94.2 cm³/mol. The highest BCUT2D eigenvalue weighted by Gasteiger charge is 2.68. The van der Waals surface area contributed by atoms with Crippen LogP contribution in [0.25, 0.3) is 0 Å². The molecule has 0 aromatic heterocycles. The maximum absolute atomic E-state index is 10.9. The maximum atomic E-state index is 10.9. The van der Waals surface area contributed by atoms with E-state index in [2.05, 4.69) is 6.58 Å². The summed E-state index contributed by atoms with van der Waals surface area (Å²) in [4.78, 5) is 0. The molecule has 4 aliphatic rings. The van der Waals surface area contributed by atoms with Gasteiger partial charge in [0.25, 0.3) is 0 Å². The van der Waals surface area contributed by atoms with Crippen LogP contribution in [0, 0.1) is 11.3 Å². The molecule has 6 nitrogen and oxygen atoms in total. The van der Waals surface area contributed by atoms with Crippen LogP contribution >= 0.6 is 0 Å². The van der Waals surface area contributed by atoms with Crippen molar-refractivity contribution in [3.63, 3.8) is 0 Å². The predicted octanol–water partition coefficient (Wildman–Crippen LogP) is 2.74. The van der Waals surface area contributed by atoms with Crippen molar-refractivity contribution in [3.05, 3.63) is 12.7 Å². The number of rotatable bonds is 3. The molecule has 3 aliphatic heterocycles. The Kier molecular flexibility index (Phi) is 4.54. The van der Waals surface area contributed by atoms with Gasteiger partial charge in [-0.1, -0.05) is 18.9 Å². The van der Waals surface area contributed by atoms with E-state index in [4.69, 9.17) is 23.7 Å². The fraction of sp³-hybridized carbons (Fsp3) is 0.900. The molecule has 26 heavy (non-hydrogen) atoms. The lowest BCUT2D eigenvalue weighted by molar-refractivity contribution is -0.240. The van der Waals surface area contributed by atoms with E-state index >= 15 is 0 Å². The average molecular weight is 368 g/mol. The highest BCUT2D eigenvalue weighted by molar-refractivity contribution is 5.18. The standard InChI is InChI=1S/C20H32O6/c1-6-20(12-9-7-8-10-13(12)21)15(14-11-22-18(2,3)24-14)23-17-16(20)25-19(4,5)26-17/h6,12-17,21H,1,7-11H2,2-5H3/t12-,13-,14?,15-,16+,17-,20+/m1/s1. The number of fused-ring (bicyclic) bond motifs is 1. The minimum Gasteiger partial charge on any atom is -0.393 e. The van der Waals surface area contributed by atoms with Gasteiger partial charge in [0.05, 0.1) is 18.1 Å². The van der Waals surface area contributed by atoms with Crippen LogP contribution in [0.4, 0.5) is 0 Å². The Bertz CT molecular complexity index is 561. The molecule has 0 aromatic rings. The second kappa shape index (κ2) is 6.26. The van der Waals surface area contributed by atoms with Gasteiger partial charge in [0, 0.05) is 0 Å². The van der Waals surface area contributed by atoms with Gasteiger partial charge in [-0.3, -0.25) is 0 Å². The Balaban J connectivity index is 1.72. The van der Waals surface area contributed by atoms with Crippen LogP contribution in [0.3, 0.4) is 0 Å². The van der Waals surface area contributed by atoms with Crippen molar-refractivity contribution < 1.29 is 28.8 Å². The molecule has 4 rings (SSSR count). The van der Waals surface area contributed by atoms with Crippen LogP contribution in [0.15, 0.2) is 12.7 Å². The van der Waals surface area contributed by atoms with Crippen molar-refractivity contribution in [2.45, 2.75) is 95.7 Å². The quantitative estimate of drug-likeness (QED) is 0.773.